The van der Waals surface area contributed by atoms with Gasteiger partial charge < -0.3 is 10.2 Å². The first kappa shape index (κ1) is 27.2. The van der Waals surface area contributed by atoms with Crippen LogP contribution in [0, 0.1) is 0 Å². The van der Waals surface area contributed by atoms with Crippen molar-refractivity contribution in [3.8, 4) is 0 Å². The number of benzene rings is 2. The van der Waals surface area contributed by atoms with E-state index in [4.69, 9.17) is 0 Å². The number of fused-ring (bicyclic) bond motifs is 1. The van der Waals surface area contributed by atoms with Gasteiger partial charge in [-0.05, 0) is 66.1 Å². The van der Waals surface area contributed by atoms with Crippen LogP contribution in [0.25, 0.3) is 5.65 Å². The molecule has 204 valence electrons. The molecule has 2 aromatic heterocycles. The third-order valence-corrected chi connectivity index (χ3v) is 7.81. The van der Waals surface area contributed by atoms with Crippen LogP contribution in [0.5, 0.6) is 0 Å². The Labute approximate surface area is 234 Å². The molecule has 0 atom stereocenters. The molecule has 3 heterocycles. The van der Waals surface area contributed by atoms with Crippen molar-refractivity contribution in [2.75, 3.05) is 18.0 Å². The van der Waals surface area contributed by atoms with Crippen molar-refractivity contribution in [2.24, 2.45) is 0 Å². The molecule has 0 spiro atoms. The molecule has 1 aliphatic heterocycles. The fourth-order valence-electron chi connectivity index (χ4n) is 5.26. The number of amides is 1. The Morgan fingerprint density at radius 3 is 2.33 bits per heavy atom. The Kier molecular flexibility index (Phi) is 7.98. The van der Waals surface area contributed by atoms with E-state index in [2.05, 4.69) is 43.3 Å². The summed E-state index contributed by atoms with van der Waals surface area (Å²) in [5, 5.41) is 3.03. The zero-order chi connectivity index (χ0) is 27.6. The van der Waals surface area contributed by atoms with Gasteiger partial charge in [0, 0.05) is 36.0 Å². The van der Waals surface area contributed by atoms with E-state index in [1.54, 1.807) is 12.1 Å². The maximum Gasteiger partial charge on any atom is 0.393 e. The summed E-state index contributed by atoms with van der Waals surface area (Å²) in [5.41, 5.74) is 5.61. The molecule has 9 heteroatoms. The molecule has 0 radical (unpaired) electrons. The van der Waals surface area contributed by atoms with Gasteiger partial charge >= 0.3 is 6.18 Å². The van der Waals surface area contributed by atoms with Crippen molar-refractivity contribution < 1.29 is 18.0 Å². The van der Waals surface area contributed by atoms with Crippen LogP contribution in [0.2, 0.25) is 0 Å². The van der Waals surface area contributed by atoms with Crippen molar-refractivity contribution in [1.29, 1.82) is 0 Å². The number of piperidine rings is 1. The van der Waals surface area contributed by atoms with Crippen LogP contribution in [0.1, 0.15) is 58.6 Å². The second-order valence-corrected chi connectivity index (χ2v) is 10.9. The molecule has 5 rings (SSSR count). The van der Waals surface area contributed by atoms with Crippen LogP contribution in [0.15, 0.2) is 71.3 Å². The zero-order valence-corrected chi connectivity index (χ0v) is 23.2. The first-order valence-corrected chi connectivity index (χ1v) is 13.9. The van der Waals surface area contributed by atoms with Crippen LogP contribution in [-0.4, -0.2) is 34.6 Å². The second-order valence-electron chi connectivity index (χ2n) is 9.98. The van der Waals surface area contributed by atoms with Crippen LogP contribution in [-0.2, 0) is 19.4 Å². The van der Waals surface area contributed by atoms with Gasteiger partial charge in [0.15, 0.2) is 0 Å². The average Bonchev–Trinajstić information content (AvgIpc) is 3.29. The summed E-state index contributed by atoms with van der Waals surface area (Å²) in [6, 6.07) is 18.9. The van der Waals surface area contributed by atoms with Gasteiger partial charge in [0.1, 0.15) is 11.3 Å². The minimum Gasteiger partial charge on any atom is -0.371 e. The van der Waals surface area contributed by atoms with E-state index in [1.807, 2.05) is 53.9 Å². The first-order valence-electron chi connectivity index (χ1n) is 13.1. The summed E-state index contributed by atoms with van der Waals surface area (Å²) in [5.74, 6) is 0.198. The number of carbonyl (C=O) groups excluding carboxylic acids is 1. The molecule has 1 aliphatic rings. The third-order valence-electron chi connectivity index (χ3n) is 7.32. The van der Waals surface area contributed by atoms with Gasteiger partial charge in [-0.25, -0.2) is 4.98 Å². The Morgan fingerprint density at radius 1 is 1.03 bits per heavy atom. The Hall–Kier alpha value is -3.33. The predicted molar refractivity (Wildman–Crippen MR) is 150 cm³/mol. The molecule has 5 nitrogen and oxygen atoms in total. The SMILES string of the molecule is CCc1nc2cc(Br)ccn2c1C(=O)NCc1ccc(N2CCC(c3ccc(CC(F)(F)F)cc3)CC2)cc1. The zero-order valence-electron chi connectivity index (χ0n) is 21.6. The number of hydrogen-bond donors (Lipinski definition) is 1. The molecule has 1 amide bonds. The normalized spacial score (nSPS) is 14.6. The van der Waals surface area contributed by atoms with E-state index < -0.39 is 12.6 Å². The largest absolute Gasteiger partial charge is 0.393 e. The van der Waals surface area contributed by atoms with E-state index in [0.29, 0.717) is 30.1 Å². The lowest BCUT2D eigenvalue weighted by atomic mass is 9.88. The fourth-order valence-corrected chi connectivity index (χ4v) is 5.58. The Morgan fingerprint density at radius 2 is 1.69 bits per heavy atom. The average molecular weight is 599 g/mol. The van der Waals surface area contributed by atoms with Gasteiger partial charge in [-0.15, -0.1) is 0 Å². The summed E-state index contributed by atoms with van der Waals surface area (Å²) in [6.45, 7) is 4.17. The summed E-state index contributed by atoms with van der Waals surface area (Å²) in [6.07, 6.45) is -0.653. The summed E-state index contributed by atoms with van der Waals surface area (Å²) in [7, 11) is 0. The number of anilines is 1. The number of carbonyl (C=O) groups is 1. The molecular weight excluding hydrogens is 569 g/mol. The van der Waals surface area contributed by atoms with Gasteiger partial charge in [-0.1, -0.05) is 59.3 Å². The fraction of sp³-hybridized carbons (Fsp3) is 0.333. The van der Waals surface area contributed by atoms with Gasteiger partial charge in [0.25, 0.3) is 5.91 Å². The van der Waals surface area contributed by atoms with Crippen LogP contribution < -0.4 is 10.2 Å². The maximum absolute atomic E-state index is 13.1. The summed E-state index contributed by atoms with van der Waals surface area (Å²) in [4.78, 5) is 20.0. The molecule has 0 aliphatic carbocycles. The number of aryl methyl sites for hydroxylation is 1. The van der Waals surface area contributed by atoms with Gasteiger partial charge in [-0.3, -0.25) is 9.20 Å². The lowest BCUT2D eigenvalue weighted by Crippen LogP contribution is -2.32. The number of halogens is 4. The molecule has 0 saturated carbocycles. The quantitative estimate of drug-likeness (QED) is 0.247. The van der Waals surface area contributed by atoms with Crippen LogP contribution >= 0.6 is 15.9 Å². The van der Waals surface area contributed by atoms with Crippen molar-refractivity contribution >= 4 is 33.2 Å². The predicted octanol–water partition coefficient (Wildman–Crippen LogP) is 7.08. The smallest absolute Gasteiger partial charge is 0.371 e. The molecule has 1 fully saturated rings. The minimum atomic E-state index is -4.18. The number of pyridine rings is 1. The molecule has 0 bridgehead atoms. The minimum absolute atomic E-state index is 0.153. The van der Waals surface area contributed by atoms with E-state index in [-0.39, 0.29) is 5.91 Å². The van der Waals surface area contributed by atoms with Gasteiger partial charge in [0.05, 0.1) is 12.1 Å². The van der Waals surface area contributed by atoms with Crippen molar-refractivity contribution in [3.05, 3.63) is 99.4 Å². The molecular formula is C30H30BrF3N4O. The Balaban J connectivity index is 1.15. The number of hydrogen-bond acceptors (Lipinski definition) is 3. The standard InChI is InChI=1S/C30H30BrF3N4O/c1-2-26-28(38-16-13-24(31)17-27(38)36-26)29(39)35-19-21-5-9-25(10-6-21)37-14-11-23(12-15-37)22-7-3-20(4-8-22)18-30(32,33)34/h3-10,13,16-17,23H,2,11-12,14-15,18-19H2,1H3,(H,35,39). The highest BCUT2D eigenvalue weighted by atomic mass is 79.9. The highest BCUT2D eigenvalue weighted by molar-refractivity contribution is 9.10. The number of nitrogens with zero attached hydrogens (tertiary/aromatic N) is 3. The van der Waals surface area contributed by atoms with Gasteiger partial charge in [-0.2, -0.15) is 13.2 Å². The summed E-state index contributed by atoms with van der Waals surface area (Å²) < 4.78 is 40.6. The molecule has 39 heavy (non-hydrogen) atoms. The number of imidazole rings is 1. The molecule has 2 aromatic carbocycles. The van der Waals surface area contributed by atoms with E-state index >= 15 is 0 Å². The molecule has 0 unspecified atom stereocenters. The van der Waals surface area contributed by atoms with Crippen molar-refractivity contribution in [3.63, 3.8) is 0 Å². The van der Waals surface area contributed by atoms with E-state index in [9.17, 15) is 18.0 Å². The highest BCUT2D eigenvalue weighted by Crippen LogP contribution is 2.31. The number of alkyl halides is 3. The van der Waals surface area contributed by atoms with E-state index in [0.717, 1.165) is 58.6 Å². The lowest BCUT2D eigenvalue weighted by molar-refractivity contribution is -0.127. The molecule has 1 N–H and O–H groups in total. The highest BCUT2D eigenvalue weighted by Gasteiger charge is 2.28. The maximum atomic E-state index is 13.1. The molecule has 1 saturated heterocycles. The van der Waals surface area contributed by atoms with Crippen LogP contribution in [0.4, 0.5) is 18.9 Å². The topological polar surface area (TPSA) is 49.6 Å². The first-order chi connectivity index (χ1) is 18.7. The van der Waals surface area contributed by atoms with Crippen LogP contribution in [0.3, 0.4) is 0 Å². The second kappa shape index (κ2) is 11.4. The molecule has 4 aromatic rings. The number of aromatic nitrogens is 2. The third kappa shape index (κ3) is 6.46. The van der Waals surface area contributed by atoms with Gasteiger partial charge in [0.2, 0.25) is 0 Å². The monoisotopic (exact) mass is 598 g/mol. The summed E-state index contributed by atoms with van der Waals surface area (Å²) >= 11 is 3.46. The number of rotatable bonds is 7. The van der Waals surface area contributed by atoms with E-state index in [1.165, 1.54) is 0 Å². The lowest BCUT2D eigenvalue weighted by Gasteiger charge is -2.34. The Bertz CT molecular complexity index is 1440. The van der Waals surface area contributed by atoms with Crippen molar-refractivity contribution in [1.82, 2.24) is 14.7 Å². The number of nitrogens with one attached hydrogen (secondary N) is 1. The van der Waals surface area contributed by atoms with Crippen molar-refractivity contribution in [2.45, 2.75) is 51.2 Å².